The Bertz CT molecular complexity index is 3490. The first-order valence-electron chi connectivity index (χ1n) is 18.2. The van der Waals surface area contributed by atoms with Gasteiger partial charge in [0.2, 0.25) is 0 Å². The smallest absolute Gasteiger partial charge is 0.151 e. The molecule has 0 N–H and O–H groups in total. The highest BCUT2D eigenvalue weighted by Gasteiger charge is 2.31. The van der Waals surface area contributed by atoms with E-state index in [1.807, 2.05) is 66.7 Å². The lowest BCUT2D eigenvalue weighted by Crippen LogP contribution is -2.08. The maximum Gasteiger partial charge on any atom is 0.151 e. The lowest BCUT2D eigenvalue weighted by molar-refractivity contribution is 0.627. The second kappa shape index (κ2) is 12.5. The van der Waals surface area contributed by atoms with E-state index in [-0.39, 0.29) is 22.3 Å². The summed E-state index contributed by atoms with van der Waals surface area (Å²) in [6, 6.07) is 57.4. The zero-order valence-corrected chi connectivity index (χ0v) is 31.2. The predicted molar refractivity (Wildman–Crippen MR) is 232 cm³/mol. The van der Waals surface area contributed by atoms with Crippen LogP contribution in [0.4, 0.5) is 4.39 Å². The number of rotatable bonds is 4. The SMILES string of the molecule is N#Cc1c(F)c(-c2ccccc2)c(-n2c3c(ccc4c5ccccc5sc43)c3ccc4c5cccc(-c6ccccc6)c5sc4c32)c(C#N)c1-c1ccccc1. The van der Waals surface area contributed by atoms with E-state index in [1.54, 1.807) is 22.7 Å². The van der Waals surface area contributed by atoms with Crippen LogP contribution >= 0.6 is 22.7 Å². The van der Waals surface area contributed by atoms with Gasteiger partial charge in [0.05, 0.1) is 37.2 Å². The average molecular weight is 752 g/mol. The van der Waals surface area contributed by atoms with E-state index < -0.39 is 5.82 Å². The Balaban J connectivity index is 1.43. The highest BCUT2D eigenvalue weighted by molar-refractivity contribution is 7.27. The number of thiophene rings is 2. The highest BCUT2D eigenvalue weighted by atomic mass is 32.1. The van der Waals surface area contributed by atoms with Crippen molar-refractivity contribution in [2.24, 2.45) is 0 Å². The summed E-state index contributed by atoms with van der Waals surface area (Å²) >= 11 is 3.43. The quantitative estimate of drug-likeness (QED) is 0.180. The van der Waals surface area contributed by atoms with Gasteiger partial charge in [-0.15, -0.1) is 22.7 Å². The van der Waals surface area contributed by atoms with Gasteiger partial charge in [-0.05, 0) is 28.3 Å². The summed E-state index contributed by atoms with van der Waals surface area (Å²) in [6.07, 6.45) is 0. The topological polar surface area (TPSA) is 52.5 Å². The van der Waals surface area contributed by atoms with Gasteiger partial charge in [0.15, 0.2) is 5.82 Å². The van der Waals surface area contributed by atoms with Crippen molar-refractivity contribution in [1.82, 2.24) is 4.57 Å². The molecule has 0 aliphatic heterocycles. The molecule has 0 aliphatic rings. The molecule has 0 unspecified atom stereocenters. The fourth-order valence-corrected chi connectivity index (χ4v) is 11.2. The van der Waals surface area contributed by atoms with Crippen molar-refractivity contribution < 1.29 is 4.39 Å². The van der Waals surface area contributed by atoms with Crippen LogP contribution in [0, 0.1) is 28.5 Å². The minimum absolute atomic E-state index is 0.150. The van der Waals surface area contributed by atoms with Crippen LogP contribution in [0.3, 0.4) is 0 Å². The second-order valence-electron chi connectivity index (χ2n) is 13.9. The van der Waals surface area contributed by atoms with E-state index >= 15 is 4.39 Å². The fourth-order valence-electron chi connectivity index (χ4n) is 8.59. The monoisotopic (exact) mass is 751 g/mol. The third kappa shape index (κ3) is 4.52. The molecule has 3 nitrogen and oxygen atoms in total. The maximum absolute atomic E-state index is 17.7. The first kappa shape index (κ1) is 32.3. The van der Waals surface area contributed by atoms with E-state index in [1.165, 1.54) is 0 Å². The summed E-state index contributed by atoms with van der Waals surface area (Å²) in [5.74, 6) is -0.653. The van der Waals surface area contributed by atoms with Crippen molar-refractivity contribution in [3.63, 3.8) is 0 Å². The van der Waals surface area contributed by atoms with Gasteiger partial charge in [-0.25, -0.2) is 4.39 Å². The van der Waals surface area contributed by atoms with Crippen LogP contribution in [-0.4, -0.2) is 4.57 Å². The molecule has 0 spiro atoms. The molecular formula is C50H26FN3S2. The van der Waals surface area contributed by atoms with Crippen LogP contribution in [0.25, 0.3) is 101 Å². The number of halogens is 1. The van der Waals surface area contributed by atoms with Crippen molar-refractivity contribution in [2.45, 2.75) is 0 Å². The standard InChI is InChI=1S/C50H26FN3S2/c51-44-39(27-52)42(30-15-6-2-7-16-30)40(28-53)45(43(44)31-17-8-3-9-18-31)54-46-34(23-25-37-33-19-10-11-22-41(33)55-49(37)46)35-24-26-38-36-21-12-20-32(29-13-4-1-5-14-29)48(36)56-50(38)47(35)54/h1-26H. The Kier molecular flexibility index (Phi) is 7.21. The Labute approximate surface area is 328 Å². The van der Waals surface area contributed by atoms with Crippen molar-refractivity contribution in [2.75, 3.05) is 0 Å². The van der Waals surface area contributed by atoms with Crippen molar-refractivity contribution in [3.8, 4) is 51.2 Å². The number of nitrogens with zero attached hydrogens (tertiary/aromatic N) is 3. The lowest BCUT2D eigenvalue weighted by atomic mass is 9.88. The molecule has 0 saturated carbocycles. The third-order valence-corrected chi connectivity index (χ3v) is 13.4. The van der Waals surface area contributed by atoms with Crippen LogP contribution in [0.2, 0.25) is 0 Å². The molecule has 6 heteroatoms. The number of hydrogen-bond acceptors (Lipinski definition) is 4. The molecule has 3 heterocycles. The van der Waals surface area contributed by atoms with Crippen LogP contribution in [0.1, 0.15) is 11.1 Å². The number of fused-ring (bicyclic) bond motifs is 11. The minimum Gasteiger partial charge on any atom is -0.304 e. The van der Waals surface area contributed by atoms with Crippen LogP contribution in [0.15, 0.2) is 158 Å². The van der Waals surface area contributed by atoms with Crippen LogP contribution < -0.4 is 0 Å². The Morgan fingerprint density at radius 3 is 1.57 bits per heavy atom. The molecule has 260 valence electrons. The molecule has 56 heavy (non-hydrogen) atoms. The van der Waals surface area contributed by atoms with Gasteiger partial charge in [0.1, 0.15) is 12.1 Å². The van der Waals surface area contributed by atoms with E-state index in [4.69, 9.17) is 0 Å². The fraction of sp³-hybridized carbons (Fsp3) is 0. The van der Waals surface area contributed by atoms with E-state index in [9.17, 15) is 10.5 Å². The van der Waals surface area contributed by atoms with E-state index in [2.05, 4.69) is 108 Å². The summed E-state index contributed by atoms with van der Waals surface area (Å²) in [7, 11) is 0. The normalized spacial score (nSPS) is 11.6. The van der Waals surface area contributed by atoms with Gasteiger partial charge in [-0.2, -0.15) is 10.5 Å². The number of benzene rings is 8. The first-order chi connectivity index (χ1) is 27.7. The molecule has 0 bridgehead atoms. The Morgan fingerprint density at radius 1 is 0.429 bits per heavy atom. The molecule has 0 saturated heterocycles. The summed E-state index contributed by atoms with van der Waals surface area (Å²) in [6.45, 7) is 0. The summed E-state index contributed by atoms with van der Waals surface area (Å²) in [5, 5.41) is 28.6. The van der Waals surface area contributed by atoms with Crippen molar-refractivity contribution >= 4 is 84.8 Å². The maximum atomic E-state index is 17.7. The molecular weight excluding hydrogens is 726 g/mol. The number of nitriles is 2. The van der Waals surface area contributed by atoms with Gasteiger partial charge >= 0.3 is 0 Å². The molecule has 3 aromatic heterocycles. The summed E-state index contributed by atoms with van der Waals surface area (Å²) in [4.78, 5) is 0. The zero-order chi connectivity index (χ0) is 37.5. The van der Waals surface area contributed by atoms with Crippen molar-refractivity contribution in [1.29, 1.82) is 10.5 Å². The third-order valence-electron chi connectivity index (χ3n) is 11.0. The zero-order valence-electron chi connectivity index (χ0n) is 29.5. The van der Waals surface area contributed by atoms with Gasteiger partial charge in [-0.1, -0.05) is 152 Å². The molecule has 11 rings (SSSR count). The van der Waals surface area contributed by atoms with Gasteiger partial charge in [0, 0.05) is 52.8 Å². The minimum atomic E-state index is -0.653. The first-order valence-corrected chi connectivity index (χ1v) is 19.9. The molecule has 0 radical (unpaired) electrons. The number of hydrogen-bond donors (Lipinski definition) is 0. The van der Waals surface area contributed by atoms with Crippen LogP contribution in [-0.2, 0) is 0 Å². The molecule has 11 aromatic rings. The molecule has 0 amide bonds. The van der Waals surface area contributed by atoms with Gasteiger partial charge in [0.25, 0.3) is 0 Å². The average Bonchev–Trinajstić information content (AvgIpc) is 3.94. The van der Waals surface area contributed by atoms with E-state index in [0.717, 1.165) is 73.3 Å². The number of aromatic nitrogens is 1. The summed E-state index contributed by atoms with van der Waals surface area (Å²) < 4.78 is 24.3. The molecule has 0 atom stereocenters. The molecule has 0 fully saturated rings. The van der Waals surface area contributed by atoms with Crippen LogP contribution in [0.5, 0.6) is 0 Å². The predicted octanol–water partition coefficient (Wildman–Crippen LogP) is 14.4. The largest absolute Gasteiger partial charge is 0.304 e. The van der Waals surface area contributed by atoms with Gasteiger partial charge < -0.3 is 4.57 Å². The van der Waals surface area contributed by atoms with Gasteiger partial charge in [-0.3, -0.25) is 0 Å². The second-order valence-corrected chi connectivity index (χ2v) is 16.0. The lowest BCUT2D eigenvalue weighted by Gasteiger charge is -2.21. The van der Waals surface area contributed by atoms with Crippen molar-refractivity contribution in [3.05, 3.63) is 175 Å². The molecule has 0 aliphatic carbocycles. The highest BCUT2D eigenvalue weighted by Crippen LogP contribution is 2.51. The molecule has 8 aromatic carbocycles. The Hall–Kier alpha value is -7.09. The van der Waals surface area contributed by atoms with E-state index in [0.29, 0.717) is 16.8 Å². The summed E-state index contributed by atoms with van der Waals surface area (Å²) in [5.41, 5.74) is 6.30. The Morgan fingerprint density at radius 2 is 0.929 bits per heavy atom.